The molecule has 6 atom stereocenters. The van der Waals surface area contributed by atoms with Gasteiger partial charge >= 0.3 is 19.8 Å². The molecule has 57 heavy (non-hydrogen) atoms. The number of nitrogens with zero attached hydrogens (tertiary/aromatic N) is 1. The van der Waals surface area contributed by atoms with Gasteiger partial charge in [-0.3, -0.25) is 23.4 Å². The predicted molar refractivity (Wildman–Crippen MR) is 223 cm³/mol. The molecule has 1 saturated heterocycles. The van der Waals surface area contributed by atoms with E-state index < -0.39 is 38.6 Å². The van der Waals surface area contributed by atoms with E-state index in [1.165, 1.54) is 64.2 Å². The molecule has 0 aromatic carbocycles. The third-order valence-corrected chi connectivity index (χ3v) is 11.6. The van der Waals surface area contributed by atoms with Crippen LogP contribution in [-0.2, 0) is 42.2 Å². The smallest absolute Gasteiger partial charge is 0.462 e. The molecule has 0 spiro atoms. The lowest BCUT2D eigenvalue weighted by atomic mass is 9.95. The zero-order chi connectivity index (χ0) is 41.9. The van der Waals surface area contributed by atoms with Crippen molar-refractivity contribution in [1.29, 1.82) is 0 Å². The number of hydrogen-bond acceptors (Lipinski definition) is 10. The van der Waals surface area contributed by atoms with E-state index in [1.54, 1.807) is 0 Å². The van der Waals surface area contributed by atoms with Crippen molar-refractivity contribution in [2.24, 2.45) is 5.92 Å². The minimum absolute atomic E-state index is 0.0116. The number of epoxide rings is 1. The number of aliphatic hydroxyl groups excluding tert-OH is 1. The molecule has 12 nitrogen and oxygen atoms in total. The number of Topliss-reactive ketones (excluding diaryl/α,β-unsaturated/α-hetero) is 1. The number of carbonyl (C=O) groups excluding carboxylic acids is 3. The normalized spacial score (nSPS) is 21.9. The third-order valence-electron chi connectivity index (χ3n) is 10.6. The van der Waals surface area contributed by atoms with Gasteiger partial charge in [-0.15, -0.1) is 0 Å². The van der Waals surface area contributed by atoms with Gasteiger partial charge in [0.2, 0.25) is 0 Å². The van der Waals surface area contributed by atoms with Gasteiger partial charge in [0.1, 0.15) is 25.9 Å². The molecule has 0 radical (unpaired) electrons. The lowest BCUT2D eigenvalue weighted by molar-refractivity contribution is -0.870. The lowest BCUT2D eigenvalue weighted by Crippen LogP contribution is -2.37. The largest absolute Gasteiger partial charge is 0.472 e. The van der Waals surface area contributed by atoms with Crippen LogP contribution < -0.4 is 0 Å². The molecule has 2 fully saturated rings. The SMILES string of the molecule is CCCCC/C=C\C[C@@H]1/C(=C\[C@H]2O[C@@H]2CCCC(=O)O[C@@H](COC(=O)CCCCCCCCCCCCCCC)COP(=O)(O)OCC[N+](C)(C)C)C(=O)C[C@H]1O. The number of aliphatic hydroxyl groups is 1. The highest BCUT2D eigenvalue weighted by molar-refractivity contribution is 7.47. The van der Waals surface area contributed by atoms with Crippen LogP contribution in [0, 0.1) is 5.92 Å². The maximum absolute atomic E-state index is 12.9. The summed E-state index contributed by atoms with van der Waals surface area (Å²) in [6, 6.07) is 0. The van der Waals surface area contributed by atoms with Gasteiger partial charge in [0.25, 0.3) is 0 Å². The Morgan fingerprint density at radius 2 is 1.42 bits per heavy atom. The number of likely N-dealkylation sites (N-methyl/N-ethyl adjacent to an activating group) is 1. The number of unbranched alkanes of at least 4 members (excludes halogenated alkanes) is 15. The van der Waals surface area contributed by atoms with Crippen LogP contribution in [0.25, 0.3) is 0 Å². The van der Waals surface area contributed by atoms with Crippen LogP contribution in [0.5, 0.6) is 0 Å². The van der Waals surface area contributed by atoms with Gasteiger partial charge in [0.15, 0.2) is 11.9 Å². The number of rotatable bonds is 35. The van der Waals surface area contributed by atoms with Gasteiger partial charge in [-0.05, 0) is 50.2 Å². The fourth-order valence-corrected chi connectivity index (χ4v) is 7.69. The highest BCUT2D eigenvalue weighted by Crippen LogP contribution is 2.43. The zero-order valence-corrected chi connectivity index (χ0v) is 37.1. The number of phosphoric ester groups is 1. The monoisotopic (exact) mass is 829 g/mol. The van der Waals surface area contributed by atoms with Crippen molar-refractivity contribution in [3.05, 3.63) is 23.8 Å². The maximum atomic E-state index is 12.9. The Kier molecular flexibility index (Phi) is 26.4. The van der Waals surface area contributed by atoms with Crippen LogP contribution in [0.4, 0.5) is 0 Å². The first kappa shape index (κ1) is 51.2. The van der Waals surface area contributed by atoms with Gasteiger partial charge in [-0.25, -0.2) is 4.57 Å². The predicted octanol–water partition coefficient (Wildman–Crippen LogP) is 9.10. The van der Waals surface area contributed by atoms with Crippen molar-refractivity contribution in [2.75, 3.05) is 47.5 Å². The number of esters is 2. The number of quaternary nitrogens is 1. The summed E-state index contributed by atoms with van der Waals surface area (Å²) < 4.78 is 40.1. The maximum Gasteiger partial charge on any atom is 0.472 e. The van der Waals surface area contributed by atoms with E-state index in [1.807, 2.05) is 27.2 Å². The lowest BCUT2D eigenvalue weighted by Gasteiger charge is -2.24. The van der Waals surface area contributed by atoms with Crippen LogP contribution in [0.1, 0.15) is 162 Å². The average molecular weight is 829 g/mol. The van der Waals surface area contributed by atoms with Crippen LogP contribution in [0.2, 0.25) is 0 Å². The Morgan fingerprint density at radius 3 is 2.05 bits per heavy atom. The van der Waals surface area contributed by atoms with Gasteiger partial charge in [0, 0.05) is 25.2 Å². The quantitative estimate of drug-likeness (QED) is 0.0119. The number of allylic oxidation sites excluding steroid dienone is 2. The molecule has 330 valence electrons. The van der Waals surface area contributed by atoms with Crippen molar-refractivity contribution < 1.29 is 56.7 Å². The van der Waals surface area contributed by atoms with E-state index >= 15 is 0 Å². The third kappa shape index (κ3) is 25.3. The molecule has 0 amide bonds. The molecule has 2 N–H and O–H groups in total. The zero-order valence-electron chi connectivity index (χ0n) is 36.2. The molecule has 1 saturated carbocycles. The van der Waals surface area contributed by atoms with E-state index in [0.29, 0.717) is 42.3 Å². The van der Waals surface area contributed by atoms with Crippen molar-refractivity contribution in [1.82, 2.24) is 0 Å². The minimum atomic E-state index is -4.45. The Hall–Kier alpha value is -1.92. The second-order valence-corrected chi connectivity index (χ2v) is 18.5. The molecule has 1 aliphatic carbocycles. The first-order valence-corrected chi connectivity index (χ1v) is 23.7. The topological polar surface area (TPSA) is 158 Å². The molecule has 0 aromatic rings. The average Bonchev–Trinajstić information content (AvgIpc) is 3.83. The van der Waals surface area contributed by atoms with E-state index in [9.17, 15) is 28.9 Å². The van der Waals surface area contributed by atoms with Gasteiger partial charge < -0.3 is 28.7 Å². The number of phosphoric acid groups is 1. The Bertz CT molecular complexity index is 1250. The molecule has 13 heteroatoms. The molecule has 0 bridgehead atoms. The molecule has 2 rings (SSSR count). The standard InChI is InChI=1S/C44H78NO11P/c1-6-8-10-12-14-15-16-17-18-19-20-22-24-28-43(48)52-34-36(35-54-57(50,51)53-31-30-45(3,4)5)55-44(49)29-25-27-41-42(56-41)32-38-37(39(46)33-40(38)47)26-23-21-13-11-9-7-2/h21,23,32,36-37,39,41-42,46H,6-20,22,24-31,33-35H2,1-5H3/p+1/b23-21-,38-32+/t36-,37+,39+,41+,42+/m0/s1. The number of hydrogen-bond donors (Lipinski definition) is 2. The molecular formula is C44H79NO11P+. The van der Waals surface area contributed by atoms with Crippen LogP contribution >= 0.6 is 7.82 Å². The van der Waals surface area contributed by atoms with Crippen molar-refractivity contribution in [2.45, 2.75) is 186 Å². The highest BCUT2D eigenvalue weighted by atomic mass is 31.2. The Labute approximate surface area is 344 Å². The summed E-state index contributed by atoms with van der Waals surface area (Å²) >= 11 is 0. The summed E-state index contributed by atoms with van der Waals surface area (Å²) in [5.41, 5.74) is 0.627. The number of carbonyl (C=O) groups is 3. The van der Waals surface area contributed by atoms with E-state index in [0.717, 1.165) is 38.5 Å². The summed E-state index contributed by atoms with van der Waals surface area (Å²) in [6.07, 6.45) is 26.0. The van der Waals surface area contributed by atoms with Crippen LogP contribution in [0.15, 0.2) is 23.8 Å². The van der Waals surface area contributed by atoms with Gasteiger partial charge in [-0.1, -0.05) is 116 Å². The van der Waals surface area contributed by atoms with E-state index in [4.69, 9.17) is 23.3 Å². The molecule has 2 aliphatic rings. The summed E-state index contributed by atoms with van der Waals surface area (Å²) in [5, 5.41) is 10.5. The number of ether oxygens (including phenoxy) is 3. The van der Waals surface area contributed by atoms with Gasteiger partial charge in [0.05, 0.1) is 40.0 Å². The molecule has 1 aliphatic heterocycles. The number of ketones is 1. The molecule has 1 heterocycles. The fraction of sp³-hybridized carbons (Fsp3) is 0.841. The molecule has 1 unspecified atom stereocenters. The van der Waals surface area contributed by atoms with Crippen LogP contribution in [0.3, 0.4) is 0 Å². The van der Waals surface area contributed by atoms with Crippen LogP contribution in [-0.4, -0.2) is 104 Å². The highest BCUT2D eigenvalue weighted by Gasteiger charge is 2.42. The first-order chi connectivity index (χ1) is 27.2. The summed E-state index contributed by atoms with van der Waals surface area (Å²) in [6.45, 7) is 4.08. The molecular weight excluding hydrogens is 749 g/mol. The Balaban J connectivity index is 1.76. The minimum Gasteiger partial charge on any atom is -0.462 e. The van der Waals surface area contributed by atoms with Gasteiger partial charge in [-0.2, -0.15) is 0 Å². The summed E-state index contributed by atoms with van der Waals surface area (Å²) in [7, 11) is 1.33. The Morgan fingerprint density at radius 1 is 0.825 bits per heavy atom. The van der Waals surface area contributed by atoms with Crippen molar-refractivity contribution >= 4 is 25.5 Å². The van der Waals surface area contributed by atoms with Crippen molar-refractivity contribution in [3.63, 3.8) is 0 Å². The second-order valence-electron chi connectivity index (χ2n) is 17.1. The van der Waals surface area contributed by atoms with E-state index in [-0.39, 0.29) is 56.4 Å². The first-order valence-electron chi connectivity index (χ1n) is 22.3. The van der Waals surface area contributed by atoms with Crippen molar-refractivity contribution in [3.8, 4) is 0 Å². The second kappa shape index (κ2) is 29.3. The fourth-order valence-electron chi connectivity index (χ4n) is 6.95. The molecule has 0 aromatic heterocycles. The summed E-state index contributed by atoms with van der Waals surface area (Å²) in [5.74, 6) is -1.27. The van der Waals surface area contributed by atoms with E-state index in [2.05, 4.69) is 26.0 Å². The summed E-state index contributed by atoms with van der Waals surface area (Å²) in [4.78, 5) is 48.3.